The normalized spacial score (nSPS) is 18.6. The van der Waals surface area contributed by atoms with E-state index in [9.17, 15) is 4.79 Å². The number of piperidine rings is 1. The van der Waals surface area contributed by atoms with Crippen molar-refractivity contribution in [3.8, 4) is 0 Å². The van der Waals surface area contributed by atoms with Crippen LogP contribution in [0.2, 0.25) is 10.0 Å². The summed E-state index contributed by atoms with van der Waals surface area (Å²) in [6.07, 6.45) is 3.07. The predicted octanol–water partition coefficient (Wildman–Crippen LogP) is 4.17. The second-order valence-corrected chi connectivity index (χ2v) is 4.93. The molecule has 0 saturated carbocycles. The molecule has 18 heavy (non-hydrogen) atoms. The van der Waals surface area contributed by atoms with Gasteiger partial charge in [-0.3, -0.25) is 4.79 Å². The average molecular weight is 331 g/mol. The van der Waals surface area contributed by atoms with E-state index in [1.807, 2.05) is 23.1 Å². The molecule has 102 valence electrons. The van der Waals surface area contributed by atoms with E-state index >= 15 is 0 Å². The summed E-state index contributed by atoms with van der Waals surface area (Å²) < 4.78 is 0. The first kappa shape index (κ1) is 17.8. The molecule has 0 aromatic heterocycles. The lowest BCUT2D eigenvalue weighted by Gasteiger charge is -2.30. The van der Waals surface area contributed by atoms with Crippen LogP contribution in [-0.4, -0.2) is 24.4 Å². The summed E-state index contributed by atoms with van der Waals surface area (Å²) in [5.74, 6) is 0.383. The number of amides is 1. The predicted molar refractivity (Wildman–Crippen MR) is 80.6 cm³/mol. The molecule has 0 aliphatic carbocycles. The van der Waals surface area contributed by atoms with Crippen LogP contribution >= 0.6 is 48.0 Å². The molecule has 6 heteroatoms. The zero-order chi connectivity index (χ0) is 11.5. The molecule has 1 atom stereocenters. The molecule has 0 N–H and O–H groups in total. The summed E-state index contributed by atoms with van der Waals surface area (Å²) in [5.41, 5.74) is 1.17. The van der Waals surface area contributed by atoms with Crippen LogP contribution in [0.15, 0.2) is 18.2 Å². The number of hydrogen-bond donors (Lipinski definition) is 0. The third kappa shape index (κ3) is 4.20. The highest BCUT2D eigenvalue weighted by atomic mass is 35.5. The van der Waals surface area contributed by atoms with Gasteiger partial charge in [0.05, 0.1) is 10.0 Å². The van der Waals surface area contributed by atoms with Gasteiger partial charge in [0.2, 0.25) is 6.41 Å². The van der Waals surface area contributed by atoms with E-state index in [0.29, 0.717) is 16.0 Å². The van der Waals surface area contributed by atoms with Crippen molar-refractivity contribution in [3.05, 3.63) is 33.8 Å². The van der Waals surface area contributed by atoms with Crippen molar-refractivity contribution in [2.45, 2.75) is 18.8 Å². The summed E-state index contributed by atoms with van der Waals surface area (Å²) >= 11 is 11.9. The van der Waals surface area contributed by atoms with E-state index in [4.69, 9.17) is 23.2 Å². The largest absolute Gasteiger partial charge is 0.345 e. The molecule has 1 saturated heterocycles. The van der Waals surface area contributed by atoms with Crippen molar-refractivity contribution in [3.63, 3.8) is 0 Å². The van der Waals surface area contributed by atoms with Gasteiger partial charge in [-0.05, 0) is 30.5 Å². The second-order valence-electron chi connectivity index (χ2n) is 4.11. The smallest absolute Gasteiger partial charge is 0.209 e. The maximum Gasteiger partial charge on any atom is 0.209 e. The molecule has 0 bridgehead atoms. The number of carbonyl (C=O) groups excluding carboxylic acids is 1. The van der Waals surface area contributed by atoms with Gasteiger partial charge in [-0.25, -0.2) is 0 Å². The van der Waals surface area contributed by atoms with E-state index in [1.165, 1.54) is 5.56 Å². The molecule has 0 spiro atoms. The van der Waals surface area contributed by atoms with Crippen molar-refractivity contribution in [1.82, 2.24) is 4.90 Å². The van der Waals surface area contributed by atoms with Crippen LogP contribution in [0.4, 0.5) is 0 Å². The fourth-order valence-corrected chi connectivity index (χ4v) is 2.45. The van der Waals surface area contributed by atoms with Crippen molar-refractivity contribution in [2.24, 2.45) is 0 Å². The van der Waals surface area contributed by atoms with Gasteiger partial charge in [0.15, 0.2) is 0 Å². The Labute approximate surface area is 129 Å². The molecule has 1 aromatic rings. The maximum absolute atomic E-state index is 10.7. The Morgan fingerprint density at radius 1 is 1.22 bits per heavy atom. The molecule has 0 radical (unpaired) electrons. The van der Waals surface area contributed by atoms with Gasteiger partial charge in [0, 0.05) is 19.0 Å². The third-order valence-corrected chi connectivity index (χ3v) is 3.76. The van der Waals surface area contributed by atoms with Gasteiger partial charge in [0.25, 0.3) is 0 Å². The molecule has 1 aliphatic rings. The number of benzene rings is 1. The fraction of sp³-hybridized carbons (Fsp3) is 0.417. The highest BCUT2D eigenvalue weighted by Crippen LogP contribution is 2.31. The minimum Gasteiger partial charge on any atom is -0.345 e. The summed E-state index contributed by atoms with van der Waals surface area (Å²) in [5, 5.41) is 1.16. The number of hydrogen-bond acceptors (Lipinski definition) is 1. The zero-order valence-corrected chi connectivity index (χ0v) is 12.8. The first-order valence-corrected chi connectivity index (χ1v) is 6.10. The number of rotatable bonds is 2. The lowest BCUT2D eigenvalue weighted by molar-refractivity contribution is -0.119. The molecule has 1 heterocycles. The van der Waals surface area contributed by atoms with Crippen molar-refractivity contribution >= 4 is 54.4 Å². The van der Waals surface area contributed by atoms with Crippen LogP contribution in [0.1, 0.15) is 24.3 Å². The first-order chi connectivity index (χ1) is 7.70. The van der Waals surface area contributed by atoms with E-state index in [1.54, 1.807) is 0 Å². The molecular formula is C12H15Cl4NO. The first-order valence-electron chi connectivity index (χ1n) is 5.35. The van der Waals surface area contributed by atoms with E-state index in [0.717, 1.165) is 32.3 Å². The summed E-state index contributed by atoms with van der Waals surface area (Å²) in [7, 11) is 0. The Morgan fingerprint density at radius 3 is 2.56 bits per heavy atom. The number of nitrogens with zero attached hydrogens (tertiary/aromatic N) is 1. The van der Waals surface area contributed by atoms with Crippen LogP contribution in [-0.2, 0) is 4.79 Å². The van der Waals surface area contributed by atoms with Gasteiger partial charge in [-0.2, -0.15) is 0 Å². The molecule has 2 nitrogen and oxygen atoms in total. The van der Waals surface area contributed by atoms with Gasteiger partial charge in [-0.1, -0.05) is 29.3 Å². The quantitative estimate of drug-likeness (QED) is 0.745. The average Bonchev–Trinajstić information content (AvgIpc) is 2.33. The summed E-state index contributed by atoms with van der Waals surface area (Å²) in [6, 6.07) is 5.72. The molecule has 1 amide bonds. The van der Waals surface area contributed by atoms with Crippen molar-refractivity contribution in [1.29, 1.82) is 0 Å². The lowest BCUT2D eigenvalue weighted by Crippen LogP contribution is -2.33. The Kier molecular flexibility index (Phi) is 8.04. The van der Waals surface area contributed by atoms with Crippen LogP contribution in [0, 0.1) is 0 Å². The van der Waals surface area contributed by atoms with Gasteiger partial charge < -0.3 is 4.90 Å². The van der Waals surface area contributed by atoms with Crippen molar-refractivity contribution in [2.75, 3.05) is 13.1 Å². The van der Waals surface area contributed by atoms with E-state index in [2.05, 4.69) is 0 Å². The number of halogens is 4. The van der Waals surface area contributed by atoms with Crippen LogP contribution in [0.3, 0.4) is 0 Å². The lowest BCUT2D eigenvalue weighted by atomic mass is 9.91. The number of carbonyl (C=O) groups is 1. The molecule has 1 aromatic carbocycles. The van der Waals surface area contributed by atoms with Crippen molar-refractivity contribution < 1.29 is 4.79 Å². The highest BCUT2D eigenvalue weighted by molar-refractivity contribution is 6.42. The number of likely N-dealkylation sites (tertiary alicyclic amines) is 1. The van der Waals surface area contributed by atoms with Gasteiger partial charge in [0.1, 0.15) is 0 Å². The SMILES string of the molecule is Cl.Cl.O=CN1CCCC(c2ccc(Cl)c(Cl)c2)C1. The van der Waals surface area contributed by atoms with Gasteiger partial charge >= 0.3 is 0 Å². The summed E-state index contributed by atoms with van der Waals surface area (Å²) in [6.45, 7) is 1.64. The minimum atomic E-state index is 0. The third-order valence-electron chi connectivity index (χ3n) is 3.02. The second kappa shape index (κ2) is 8.11. The molecule has 1 fully saturated rings. The Morgan fingerprint density at radius 2 is 1.94 bits per heavy atom. The highest BCUT2D eigenvalue weighted by Gasteiger charge is 2.20. The van der Waals surface area contributed by atoms with Crippen LogP contribution in [0.5, 0.6) is 0 Å². The molecule has 1 unspecified atom stereocenters. The Bertz CT molecular complexity index is 400. The van der Waals surface area contributed by atoms with E-state index in [-0.39, 0.29) is 24.8 Å². The fourth-order valence-electron chi connectivity index (χ4n) is 2.14. The molecule has 1 aliphatic heterocycles. The standard InChI is InChI=1S/C12H13Cl2NO.2ClH/c13-11-4-3-9(6-12(11)14)10-2-1-5-15(7-10)8-16;;/h3-4,6,8,10H,1-2,5,7H2;2*1H. The topological polar surface area (TPSA) is 20.3 Å². The van der Waals surface area contributed by atoms with E-state index < -0.39 is 0 Å². The molecule has 2 rings (SSSR count). The Balaban J connectivity index is 0.00000144. The monoisotopic (exact) mass is 329 g/mol. The zero-order valence-electron chi connectivity index (χ0n) is 9.64. The summed E-state index contributed by atoms with van der Waals surface area (Å²) in [4.78, 5) is 12.6. The molecular weight excluding hydrogens is 316 g/mol. The Hall–Kier alpha value is -0.150. The maximum atomic E-state index is 10.7. The minimum absolute atomic E-state index is 0. The van der Waals surface area contributed by atoms with Crippen LogP contribution in [0.25, 0.3) is 0 Å². The van der Waals surface area contributed by atoms with Crippen LogP contribution < -0.4 is 0 Å². The van der Waals surface area contributed by atoms with Gasteiger partial charge in [-0.15, -0.1) is 24.8 Å².